The Morgan fingerprint density at radius 2 is 2.15 bits per heavy atom. The lowest BCUT2D eigenvalue weighted by Crippen LogP contribution is -2.27. The van der Waals surface area contributed by atoms with Crippen LogP contribution in [-0.2, 0) is 11.3 Å². The van der Waals surface area contributed by atoms with Crippen molar-refractivity contribution < 1.29 is 9.84 Å². The van der Waals surface area contributed by atoms with Gasteiger partial charge in [0.15, 0.2) is 0 Å². The average Bonchev–Trinajstić information content (AvgIpc) is 2.51. The Kier molecular flexibility index (Phi) is 6.11. The molecule has 108 valence electrons. The third kappa shape index (κ3) is 4.37. The van der Waals surface area contributed by atoms with Gasteiger partial charge in [0.1, 0.15) is 6.61 Å². The molecule has 1 aromatic carbocycles. The van der Waals surface area contributed by atoms with Crippen molar-refractivity contribution in [3.63, 3.8) is 0 Å². The van der Waals surface area contributed by atoms with Gasteiger partial charge in [0.2, 0.25) is 0 Å². The summed E-state index contributed by atoms with van der Waals surface area (Å²) in [6.07, 6.45) is 6.78. The van der Waals surface area contributed by atoms with E-state index in [1.165, 1.54) is 32.1 Å². The molecule has 0 spiro atoms. The number of aliphatic hydroxyl groups excluding tert-OH is 1. The lowest BCUT2D eigenvalue weighted by atomic mass is 9.85. The topological polar surface area (TPSA) is 29.5 Å². The maximum Gasteiger partial charge on any atom is 0.104 e. The zero-order valence-electron chi connectivity index (χ0n) is 12.3. The number of aliphatic hydroxyl groups is 1. The Balaban J connectivity index is 1.92. The molecule has 1 saturated carbocycles. The number of benzene rings is 1. The number of rotatable bonds is 4. The Bertz CT molecular complexity index is 470. The van der Waals surface area contributed by atoms with E-state index in [0.717, 1.165) is 17.0 Å². The first-order valence-electron chi connectivity index (χ1n) is 7.63. The Morgan fingerprint density at radius 3 is 2.95 bits per heavy atom. The van der Waals surface area contributed by atoms with Gasteiger partial charge in [0.25, 0.3) is 0 Å². The highest BCUT2D eigenvalue weighted by molar-refractivity contribution is 5.36. The zero-order chi connectivity index (χ0) is 14.2. The van der Waals surface area contributed by atoms with Gasteiger partial charge in [-0.15, -0.1) is 0 Å². The van der Waals surface area contributed by atoms with Crippen molar-refractivity contribution >= 4 is 0 Å². The van der Waals surface area contributed by atoms with E-state index in [0.29, 0.717) is 12.7 Å². The molecule has 0 aliphatic heterocycles. The fourth-order valence-corrected chi connectivity index (χ4v) is 2.94. The fraction of sp³-hybridized carbons (Fsp3) is 0.556. The molecule has 0 amide bonds. The smallest absolute Gasteiger partial charge is 0.104 e. The highest BCUT2D eigenvalue weighted by Crippen LogP contribution is 2.29. The van der Waals surface area contributed by atoms with Crippen LogP contribution in [0.1, 0.15) is 50.2 Å². The minimum Gasteiger partial charge on any atom is -0.384 e. The Labute approximate surface area is 122 Å². The molecule has 0 heterocycles. The molecule has 2 heteroatoms. The molecule has 2 atom stereocenters. The van der Waals surface area contributed by atoms with Crippen LogP contribution >= 0.6 is 0 Å². The third-order valence-electron chi connectivity index (χ3n) is 4.07. The predicted molar refractivity (Wildman–Crippen MR) is 81.2 cm³/mol. The minimum atomic E-state index is -0.0962. The molecule has 2 unspecified atom stereocenters. The summed E-state index contributed by atoms with van der Waals surface area (Å²) in [6.45, 7) is 2.83. The van der Waals surface area contributed by atoms with Gasteiger partial charge < -0.3 is 9.84 Å². The molecule has 1 aliphatic rings. The Hall–Kier alpha value is -1.30. The van der Waals surface area contributed by atoms with Crippen LogP contribution in [0, 0.1) is 17.8 Å². The number of hydrogen-bond donors (Lipinski definition) is 1. The summed E-state index contributed by atoms with van der Waals surface area (Å²) >= 11 is 0. The van der Waals surface area contributed by atoms with Gasteiger partial charge in [0, 0.05) is 5.56 Å². The van der Waals surface area contributed by atoms with E-state index in [1.807, 2.05) is 18.2 Å². The minimum absolute atomic E-state index is 0.0962. The molecule has 1 aliphatic carbocycles. The first kappa shape index (κ1) is 15.1. The van der Waals surface area contributed by atoms with Gasteiger partial charge in [-0.3, -0.25) is 0 Å². The maximum atomic E-state index is 8.73. The summed E-state index contributed by atoms with van der Waals surface area (Å²) in [5, 5.41) is 8.73. The van der Waals surface area contributed by atoms with Crippen molar-refractivity contribution in [2.45, 2.75) is 51.7 Å². The molecule has 2 rings (SSSR count). The lowest BCUT2D eigenvalue weighted by Gasteiger charge is -2.30. The second kappa shape index (κ2) is 8.09. The molecule has 1 N–H and O–H groups in total. The van der Waals surface area contributed by atoms with Crippen LogP contribution in [0.2, 0.25) is 0 Å². The molecule has 0 bridgehead atoms. The maximum absolute atomic E-state index is 8.73. The first-order valence-corrected chi connectivity index (χ1v) is 7.63. The first-order chi connectivity index (χ1) is 9.83. The summed E-state index contributed by atoms with van der Waals surface area (Å²) in [7, 11) is 0. The van der Waals surface area contributed by atoms with E-state index < -0.39 is 0 Å². The van der Waals surface area contributed by atoms with Crippen LogP contribution in [-0.4, -0.2) is 17.8 Å². The molecule has 0 saturated heterocycles. The number of ether oxygens (including phenoxy) is 1. The average molecular weight is 272 g/mol. The van der Waals surface area contributed by atoms with Crippen LogP contribution in [0.3, 0.4) is 0 Å². The van der Waals surface area contributed by atoms with Crippen LogP contribution in [0.25, 0.3) is 0 Å². The second-order valence-electron chi connectivity index (χ2n) is 5.46. The van der Waals surface area contributed by atoms with Crippen molar-refractivity contribution in [3.8, 4) is 11.8 Å². The predicted octanol–water partition coefficient (Wildman–Crippen LogP) is 3.52. The van der Waals surface area contributed by atoms with Crippen molar-refractivity contribution in [2.75, 3.05) is 6.61 Å². The van der Waals surface area contributed by atoms with Crippen molar-refractivity contribution in [1.29, 1.82) is 0 Å². The third-order valence-corrected chi connectivity index (χ3v) is 4.07. The monoisotopic (exact) mass is 272 g/mol. The quantitative estimate of drug-likeness (QED) is 0.850. The van der Waals surface area contributed by atoms with Gasteiger partial charge in [-0.2, -0.15) is 0 Å². The summed E-state index contributed by atoms with van der Waals surface area (Å²) in [4.78, 5) is 0. The van der Waals surface area contributed by atoms with Crippen molar-refractivity contribution in [3.05, 3.63) is 35.4 Å². The van der Waals surface area contributed by atoms with Crippen LogP contribution in [0.15, 0.2) is 24.3 Å². The van der Waals surface area contributed by atoms with Gasteiger partial charge in [-0.25, -0.2) is 0 Å². The van der Waals surface area contributed by atoms with E-state index in [1.54, 1.807) is 0 Å². The van der Waals surface area contributed by atoms with E-state index >= 15 is 0 Å². The number of hydrogen-bond acceptors (Lipinski definition) is 2. The molecule has 0 radical (unpaired) electrons. The van der Waals surface area contributed by atoms with Crippen molar-refractivity contribution in [2.24, 2.45) is 5.92 Å². The SMILES string of the molecule is CCC1CCCCC1OCc1cccc(C#CCO)c1. The fourth-order valence-electron chi connectivity index (χ4n) is 2.94. The van der Waals surface area contributed by atoms with Gasteiger partial charge in [-0.05, 0) is 36.5 Å². The van der Waals surface area contributed by atoms with Crippen LogP contribution in [0.4, 0.5) is 0 Å². The molecule has 20 heavy (non-hydrogen) atoms. The molecular formula is C18H24O2. The van der Waals surface area contributed by atoms with Gasteiger partial charge >= 0.3 is 0 Å². The second-order valence-corrected chi connectivity index (χ2v) is 5.46. The normalized spacial score (nSPS) is 22.1. The highest BCUT2D eigenvalue weighted by Gasteiger charge is 2.24. The van der Waals surface area contributed by atoms with E-state index in [4.69, 9.17) is 9.84 Å². The molecular weight excluding hydrogens is 248 g/mol. The largest absolute Gasteiger partial charge is 0.384 e. The van der Waals surface area contributed by atoms with Gasteiger partial charge in [0.05, 0.1) is 12.7 Å². The van der Waals surface area contributed by atoms with E-state index in [9.17, 15) is 0 Å². The van der Waals surface area contributed by atoms with Crippen molar-refractivity contribution in [1.82, 2.24) is 0 Å². The Morgan fingerprint density at radius 1 is 1.30 bits per heavy atom. The van der Waals surface area contributed by atoms with Gasteiger partial charge in [-0.1, -0.05) is 50.2 Å². The zero-order valence-corrected chi connectivity index (χ0v) is 12.3. The molecule has 1 aromatic rings. The lowest BCUT2D eigenvalue weighted by molar-refractivity contribution is -0.0221. The molecule has 2 nitrogen and oxygen atoms in total. The van der Waals surface area contributed by atoms with Crippen LogP contribution < -0.4 is 0 Å². The standard InChI is InChI=1S/C18H24O2/c1-2-17-10-3-4-11-18(17)20-14-16-8-5-7-15(13-16)9-6-12-19/h5,7-8,13,17-19H,2-4,10-12,14H2,1H3. The highest BCUT2D eigenvalue weighted by atomic mass is 16.5. The molecule has 0 aromatic heterocycles. The summed E-state index contributed by atoms with van der Waals surface area (Å²) in [6, 6.07) is 8.08. The van der Waals surface area contributed by atoms with E-state index in [-0.39, 0.29) is 6.61 Å². The van der Waals surface area contributed by atoms with Crippen LogP contribution in [0.5, 0.6) is 0 Å². The molecule has 1 fully saturated rings. The summed E-state index contributed by atoms with van der Waals surface area (Å²) < 4.78 is 6.13. The summed E-state index contributed by atoms with van der Waals surface area (Å²) in [5.41, 5.74) is 2.10. The van der Waals surface area contributed by atoms with E-state index in [2.05, 4.69) is 24.8 Å². The summed E-state index contributed by atoms with van der Waals surface area (Å²) in [5.74, 6) is 6.34.